The lowest BCUT2D eigenvalue weighted by atomic mass is 9.95. The largest absolute Gasteiger partial charge is 0.458 e. The van der Waals surface area contributed by atoms with Gasteiger partial charge in [0.25, 0.3) is 0 Å². The summed E-state index contributed by atoms with van der Waals surface area (Å²) < 4.78 is 5.43. The molecule has 0 unspecified atom stereocenters. The molecule has 2 aliphatic heterocycles. The first-order valence-electron chi connectivity index (χ1n) is 7.66. The van der Waals surface area contributed by atoms with Crippen LogP contribution in [0.1, 0.15) is 46.5 Å². The van der Waals surface area contributed by atoms with E-state index in [0.29, 0.717) is 12.8 Å². The maximum Gasteiger partial charge on any atom is 0.329 e. The molecule has 0 aromatic carbocycles. The zero-order valence-corrected chi connectivity index (χ0v) is 13.0. The average molecular weight is 298 g/mol. The quantitative estimate of drug-likeness (QED) is 0.721. The number of aliphatic hydroxyl groups excluding tert-OH is 1. The summed E-state index contributed by atoms with van der Waals surface area (Å²) in [5.41, 5.74) is 5.41. The molecule has 0 radical (unpaired) electrons. The van der Waals surface area contributed by atoms with Crippen molar-refractivity contribution in [3.8, 4) is 0 Å². The molecule has 2 heterocycles. The zero-order chi connectivity index (χ0) is 15.8. The SMILES string of the molecule is CC(C)(C)OC(=O)[C@@H]1CC[C@H]2CC[C@@H](CO)[C@@H](N)C(=O)N21. The molecular weight excluding hydrogens is 272 g/mol. The van der Waals surface area contributed by atoms with Crippen molar-refractivity contribution in [3.63, 3.8) is 0 Å². The number of hydrogen-bond acceptors (Lipinski definition) is 5. The molecule has 6 nitrogen and oxygen atoms in total. The van der Waals surface area contributed by atoms with Gasteiger partial charge in [0, 0.05) is 18.6 Å². The molecule has 0 saturated carbocycles. The Kier molecular flexibility index (Phi) is 4.58. The van der Waals surface area contributed by atoms with Crippen LogP contribution >= 0.6 is 0 Å². The summed E-state index contributed by atoms with van der Waals surface area (Å²) in [7, 11) is 0. The van der Waals surface area contributed by atoms with Crippen molar-refractivity contribution >= 4 is 11.9 Å². The summed E-state index contributed by atoms with van der Waals surface area (Å²) >= 11 is 0. The molecule has 120 valence electrons. The van der Waals surface area contributed by atoms with Gasteiger partial charge in [-0.25, -0.2) is 4.79 Å². The number of carbonyl (C=O) groups is 2. The molecule has 6 heteroatoms. The van der Waals surface area contributed by atoms with Crippen molar-refractivity contribution in [3.05, 3.63) is 0 Å². The molecule has 1 amide bonds. The van der Waals surface area contributed by atoms with Gasteiger partial charge in [-0.15, -0.1) is 0 Å². The molecule has 4 atom stereocenters. The second-order valence-corrected chi connectivity index (χ2v) is 7.07. The highest BCUT2D eigenvalue weighted by molar-refractivity contribution is 5.89. The van der Waals surface area contributed by atoms with Crippen LogP contribution in [0.25, 0.3) is 0 Å². The van der Waals surface area contributed by atoms with Gasteiger partial charge in [0.05, 0.1) is 6.04 Å². The van der Waals surface area contributed by atoms with E-state index in [2.05, 4.69) is 0 Å². The number of fused-ring (bicyclic) bond motifs is 1. The molecular formula is C15H26N2O4. The van der Waals surface area contributed by atoms with Crippen LogP contribution in [0.5, 0.6) is 0 Å². The van der Waals surface area contributed by atoms with Crippen LogP contribution < -0.4 is 5.73 Å². The minimum atomic E-state index is -0.733. The molecule has 2 saturated heterocycles. The minimum absolute atomic E-state index is 0.0395. The number of aliphatic hydroxyl groups is 1. The maximum atomic E-state index is 12.6. The number of hydrogen-bond donors (Lipinski definition) is 2. The average Bonchev–Trinajstić information content (AvgIpc) is 2.75. The van der Waals surface area contributed by atoms with E-state index in [1.165, 1.54) is 0 Å². The molecule has 21 heavy (non-hydrogen) atoms. The lowest BCUT2D eigenvalue weighted by Gasteiger charge is -2.31. The van der Waals surface area contributed by atoms with E-state index in [1.807, 2.05) is 20.8 Å². The monoisotopic (exact) mass is 298 g/mol. The number of carbonyl (C=O) groups excluding carboxylic acids is 2. The third-order valence-electron chi connectivity index (χ3n) is 4.33. The molecule has 0 bridgehead atoms. The van der Waals surface area contributed by atoms with Crippen LogP contribution in [-0.4, -0.2) is 52.2 Å². The zero-order valence-electron chi connectivity index (χ0n) is 13.0. The van der Waals surface area contributed by atoms with Crippen LogP contribution in [0.2, 0.25) is 0 Å². The van der Waals surface area contributed by atoms with Gasteiger partial charge in [0.1, 0.15) is 11.6 Å². The highest BCUT2D eigenvalue weighted by Gasteiger charge is 2.46. The molecule has 0 spiro atoms. The second-order valence-electron chi connectivity index (χ2n) is 7.07. The Bertz CT molecular complexity index is 418. The first-order valence-corrected chi connectivity index (χ1v) is 7.66. The van der Waals surface area contributed by atoms with Crippen LogP contribution in [-0.2, 0) is 14.3 Å². The highest BCUT2D eigenvalue weighted by atomic mass is 16.6. The Morgan fingerprint density at radius 3 is 2.52 bits per heavy atom. The van der Waals surface area contributed by atoms with Crippen LogP contribution in [0, 0.1) is 5.92 Å². The minimum Gasteiger partial charge on any atom is -0.458 e. The number of rotatable bonds is 2. The van der Waals surface area contributed by atoms with Crippen molar-refractivity contribution < 1.29 is 19.4 Å². The fourth-order valence-electron chi connectivity index (χ4n) is 3.27. The summed E-state index contributed by atoms with van der Waals surface area (Å²) in [6.07, 6.45) is 2.91. The maximum absolute atomic E-state index is 12.6. The van der Waals surface area contributed by atoms with E-state index in [9.17, 15) is 14.7 Å². The second kappa shape index (κ2) is 5.93. The number of amides is 1. The van der Waals surface area contributed by atoms with Gasteiger partial charge >= 0.3 is 5.97 Å². The van der Waals surface area contributed by atoms with Crippen molar-refractivity contribution in [1.82, 2.24) is 4.90 Å². The van der Waals surface area contributed by atoms with Gasteiger partial charge in [-0.2, -0.15) is 0 Å². The summed E-state index contributed by atoms with van der Waals surface area (Å²) in [6, 6.07) is -1.23. The fraction of sp³-hybridized carbons (Fsp3) is 0.867. The Labute approximate surface area is 125 Å². The molecule has 2 rings (SSSR count). The number of nitrogens with two attached hydrogens (primary N) is 1. The highest BCUT2D eigenvalue weighted by Crippen LogP contribution is 2.34. The number of nitrogens with zero attached hydrogens (tertiary/aromatic N) is 1. The molecule has 0 aliphatic carbocycles. The first kappa shape index (κ1) is 16.2. The Hall–Kier alpha value is -1.14. The predicted molar refractivity (Wildman–Crippen MR) is 77.3 cm³/mol. The lowest BCUT2D eigenvalue weighted by Crippen LogP contribution is -2.53. The summed E-state index contributed by atoms with van der Waals surface area (Å²) in [4.78, 5) is 26.5. The Morgan fingerprint density at radius 1 is 1.33 bits per heavy atom. The summed E-state index contributed by atoms with van der Waals surface area (Å²) in [5, 5.41) is 9.35. The van der Waals surface area contributed by atoms with Crippen molar-refractivity contribution in [2.45, 2.75) is 70.2 Å². The van der Waals surface area contributed by atoms with Crippen LogP contribution in [0.4, 0.5) is 0 Å². The van der Waals surface area contributed by atoms with E-state index in [-0.39, 0.29) is 30.4 Å². The Morgan fingerprint density at radius 2 is 1.95 bits per heavy atom. The lowest BCUT2D eigenvalue weighted by molar-refractivity contribution is -0.164. The van der Waals surface area contributed by atoms with E-state index in [1.54, 1.807) is 4.90 Å². The van der Waals surface area contributed by atoms with Gasteiger partial charge < -0.3 is 20.5 Å². The molecule has 0 aromatic heterocycles. The van der Waals surface area contributed by atoms with E-state index >= 15 is 0 Å². The standard InChI is InChI=1S/C15H26N2O4/c1-15(2,3)21-14(20)11-7-6-10-5-4-9(8-18)12(16)13(19)17(10)11/h9-12,18H,4-8,16H2,1-3H3/t9-,10+,11-,12+/m0/s1. The number of esters is 1. The fourth-order valence-corrected chi connectivity index (χ4v) is 3.27. The third-order valence-corrected chi connectivity index (χ3v) is 4.33. The predicted octanol–water partition coefficient (Wildman–Crippen LogP) is 0.417. The summed E-state index contributed by atoms with van der Waals surface area (Å²) in [5.74, 6) is -0.805. The van der Waals surface area contributed by atoms with Gasteiger partial charge in [-0.1, -0.05) is 0 Å². The molecule has 2 aliphatic rings. The van der Waals surface area contributed by atoms with Crippen LogP contribution in [0.15, 0.2) is 0 Å². The summed E-state index contributed by atoms with van der Waals surface area (Å²) in [6.45, 7) is 5.35. The number of ether oxygens (including phenoxy) is 1. The first-order chi connectivity index (χ1) is 9.74. The third kappa shape index (κ3) is 3.37. The normalized spacial score (nSPS) is 33.6. The van der Waals surface area contributed by atoms with Gasteiger partial charge in [0.2, 0.25) is 5.91 Å². The molecule has 0 aromatic rings. The van der Waals surface area contributed by atoms with Gasteiger partial charge in [-0.05, 0) is 46.5 Å². The van der Waals surface area contributed by atoms with E-state index in [4.69, 9.17) is 10.5 Å². The van der Waals surface area contributed by atoms with Gasteiger partial charge in [0.15, 0.2) is 0 Å². The van der Waals surface area contributed by atoms with Crippen molar-refractivity contribution in [2.24, 2.45) is 11.7 Å². The smallest absolute Gasteiger partial charge is 0.329 e. The Balaban J connectivity index is 2.17. The molecule has 3 N–H and O–H groups in total. The molecule has 2 fully saturated rings. The van der Waals surface area contributed by atoms with E-state index < -0.39 is 17.7 Å². The topological polar surface area (TPSA) is 92.9 Å². The van der Waals surface area contributed by atoms with Crippen molar-refractivity contribution in [1.29, 1.82) is 0 Å². The van der Waals surface area contributed by atoms with Crippen LogP contribution in [0.3, 0.4) is 0 Å². The van der Waals surface area contributed by atoms with E-state index in [0.717, 1.165) is 12.8 Å². The van der Waals surface area contributed by atoms with Crippen molar-refractivity contribution in [2.75, 3.05) is 6.61 Å². The van der Waals surface area contributed by atoms with Gasteiger partial charge in [-0.3, -0.25) is 4.79 Å².